The van der Waals surface area contributed by atoms with Crippen molar-refractivity contribution >= 4 is 12.0 Å². The summed E-state index contributed by atoms with van der Waals surface area (Å²) >= 11 is 0. The number of carbonyl (C=O) groups excluding carboxylic acids is 1. The van der Waals surface area contributed by atoms with Gasteiger partial charge in [0.2, 0.25) is 0 Å². The molecular weight excluding hydrogens is 240 g/mol. The largest absolute Gasteiger partial charge is 0.481 e. The van der Waals surface area contributed by atoms with Crippen LogP contribution in [-0.2, 0) is 14.3 Å². The Morgan fingerprint density at radius 1 is 1.22 bits per heavy atom. The van der Waals surface area contributed by atoms with Gasteiger partial charge in [-0.15, -0.1) is 0 Å². The molecule has 2 atom stereocenters. The Bertz CT molecular complexity index is 260. The lowest BCUT2D eigenvalue weighted by Crippen LogP contribution is -2.43. The number of methoxy groups -OCH3 is 2. The van der Waals surface area contributed by atoms with E-state index in [0.717, 1.165) is 0 Å². The van der Waals surface area contributed by atoms with Crippen LogP contribution in [0, 0.1) is 5.92 Å². The number of nitrogens with one attached hydrogen (secondary N) is 2. The third-order valence-corrected chi connectivity index (χ3v) is 2.53. The van der Waals surface area contributed by atoms with Crippen molar-refractivity contribution in [1.82, 2.24) is 10.6 Å². The molecule has 7 nitrogen and oxygen atoms in total. The van der Waals surface area contributed by atoms with Crippen molar-refractivity contribution in [3.63, 3.8) is 0 Å². The van der Waals surface area contributed by atoms with Crippen LogP contribution in [0.25, 0.3) is 0 Å². The summed E-state index contributed by atoms with van der Waals surface area (Å²) in [6, 6.07) is -0.409. The third kappa shape index (κ3) is 7.08. The van der Waals surface area contributed by atoms with E-state index in [1.807, 2.05) is 0 Å². The van der Waals surface area contributed by atoms with Gasteiger partial charge in [-0.3, -0.25) is 4.79 Å². The quantitative estimate of drug-likeness (QED) is 0.546. The van der Waals surface area contributed by atoms with Crippen molar-refractivity contribution < 1.29 is 24.2 Å². The van der Waals surface area contributed by atoms with Gasteiger partial charge in [0, 0.05) is 27.3 Å². The zero-order valence-electron chi connectivity index (χ0n) is 11.1. The van der Waals surface area contributed by atoms with Crippen LogP contribution in [0.1, 0.15) is 13.3 Å². The molecule has 0 aliphatic rings. The SMILES string of the molecule is CCC(CNC(=O)NCC(COC)OC)C(=O)O. The molecule has 2 amide bonds. The molecule has 0 aromatic rings. The van der Waals surface area contributed by atoms with Crippen LogP contribution in [0.3, 0.4) is 0 Å². The summed E-state index contributed by atoms with van der Waals surface area (Å²) in [5.41, 5.74) is 0. The molecule has 0 fully saturated rings. The highest BCUT2D eigenvalue weighted by Gasteiger charge is 2.16. The number of aliphatic carboxylic acids is 1. The predicted molar refractivity (Wildman–Crippen MR) is 65.5 cm³/mol. The van der Waals surface area contributed by atoms with Crippen LogP contribution in [0.5, 0.6) is 0 Å². The normalized spacial score (nSPS) is 13.7. The molecule has 0 aromatic carbocycles. The molecule has 0 rings (SSSR count). The minimum atomic E-state index is -0.910. The van der Waals surface area contributed by atoms with E-state index in [2.05, 4.69) is 10.6 Å². The van der Waals surface area contributed by atoms with E-state index in [9.17, 15) is 9.59 Å². The van der Waals surface area contributed by atoms with Gasteiger partial charge in [0.15, 0.2) is 0 Å². The maximum atomic E-state index is 11.4. The molecule has 0 saturated heterocycles. The fourth-order valence-corrected chi connectivity index (χ4v) is 1.29. The van der Waals surface area contributed by atoms with E-state index in [0.29, 0.717) is 19.6 Å². The number of rotatable bonds is 9. The molecule has 7 heteroatoms. The minimum Gasteiger partial charge on any atom is -0.481 e. The van der Waals surface area contributed by atoms with Gasteiger partial charge in [-0.2, -0.15) is 0 Å². The summed E-state index contributed by atoms with van der Waals surface area (Å²) in [5, 5.41) is 13.9. The van der Waals surface area contributed by atoms with Crippen molar-refractivity contribution in [2.24, 2.45) is 5.92 Å². The first-order valence-electron chi connectivity index (χ1n) is 5.81. The van der Waals surface area contributed by atoms with Gasteiger partial charge in [-0.05, 0) is 6.42 Å². The summed E-state index contributed by atoms with van der Waals surface area (Å²) in [7, 11) is 3.08. The maximum Gasteiger partial charge on any atom is 0.314 e. The van der Waals surface area contributed by atoms with Gasteiger partial charge in [0.05, 0.1) is 18.6 Å². The molecule has 0 aliphatic heterocycles. The molecule has 0 bridgehead atoms. The molecule has 0 spiro atoms. The second kappa shape index (κ2) is 9.67. The van der Waals surface area contributed by atoms with Gasteiger partial charge >= 0.3 is 12.0 Å². The van der Waals surface area contributed by atoms with Crippen LogP contribution in [0.4, 0.5) is 4.79 Å². The summed E-state index contributed by atoms with van der Waals surface area (Å²) < 4.78 is 9.96. The molecule has 0 heterocycles. The fraction of sp³-hybridized carbons (Fsp3) is 0.818. The molecule has 0 aromatic heterocycles. The number of carboxylic acid groups (broad SMARTS) is 1. The smallest absolute Gasteiger partial charge is 0.314 e. The van der Waals surface area contributed by atoms with Crippen LogP contribution in [0.15, 0.2) is 0 Å². The van der Waals surface area contributed by atoms with Gasteiger partial charge in [-0.25, -0.2) is 4.79 Å². The Morgan fingerprint density at radius 3 is 2.28 bits per heavy atom. The molecule has 18 heavy (non-hydrogen) atoms. The molecule has 3 N–H and O–H groups in total. The van der Waals surface area contributed by atoms with Gasteiger partial charge in [0.25, 0.3) is 0 Å². The zero-order valence-corrected chi connectivity index (χ0v) is 11.1. The number of urea groups is 1. The van der Waals surface area contributed by atoms with Crippen LogP contribution < -0.4 is 10.6 Å². The Hall–Kier alpha value is -1.34. The average Bonchev–Trinajstić information content (AvgIpc) is 2.34. The molecule has 0 aliphatic carbocycles. The van der Waals surface area contributed by atoms with Crippen molar-refractivity contribution in [3.05, 3.63) is 0 Å². The number of carbonyl (C=O) groups is 2. The third-order valence-electron chi connectivity index (χ3n) is 2.53. The van der Waals surface area contributed by atoms with E-state index in [1.54, 1.807) is 14.0 Å². The molecular formula is C11H22N2O5. The van der Waals surface area contributed by atoms with Crippen molar-refractivity contribution in [2.45, 2.75) is 19.4 Å². The van der Waals surface area contributed by atoms with E-state index < -0.39 is 17.9 Å². The molecule has 2 unspecified atom stereocenters. The number of hydrogen-bond acceptors (Lipinski definition) is 4. The highest BCUT2D eigenvalue weighted by molar-refractivity contribution is 5.75. The van der Waals surface area contributed by atoms with Gasteiger partial charge in [-0.1, -0.05) is 6.92 Å². The monoisotopic (exact) mass is 262 g/mol. The lowest BCUT2D eigenvalue weighted by molar-refractivity contribution is -0.141. The predicted octanol–water partition coefficient (Wildman–Crippen LogP) is 0.0578. The maximum absolute atomic E-state index is 11.4. The van der Waals surface area contributed by atoms with E-state index in [-0.39, 0.29) is 12.6 Å². The van der Waals surface area contributed by atoms with Crippen molar-refractivity contribution in [2.75, 3.05) is 33.9 Å². The van der Waals surface area contributed by atoms with Crippen LogP contribution >= 0.6 is 0 Å². The summed E-state index contributed by atoms with van der Waals surface area (Å²) in [6.07, 6.45) is 0.252. The van der Waals surface area contributed by atoms with E-state index in [1.165, 1.54) is 7.11 Å². The van der Waals surface area contributed by atoms with Crippen LogP contribution in [-0.4, -0.2) is 57.1 Å². The number of carboxylic acids is 1. The summed E-state index contributed by atoms with van der Waals surface area (Å²) in [6.45, 7) is 2.56. The highest BCUT2D eigenvalue weighted by Crippen LogP contribution is 2.00. The van der Waals surface area contributed by atoms with Gasteiger partial charge in [0.1, 0.15) is 0 Å². The Kier molecular flexibility index (Phi) is 8.95. The number of hydrogen-bond donors (Lipinski definition) is 3. The Balaban J connectivity index is 3.86. The molecule has 106 valence electrons. The fourth-order valence-electron chi connectivity index (χ4n) is 1.29. The first-order chi connectivity index (χ1) is 8.54. The Morgan fingerprint density at radius 2 is 1.83 bits per heavy atom. The topological polar surface area (TPSA) is 96.9 Å². The second-order valence-electron chi connectivity index (χ2n) is 3.85. The minimum absolute atomic E-state index is 0.111. The van der Waals surface area contributed by atoms with Crippen molar-refractivity contribution in [1.29, 1.82) is 0 Å². The van der Waals surface area contributed by atoms with Crippen molar-refractivity contribution in [3.8, 4) is 0 Å². The standard InChI is InChI=1S/C11H22N2O5/c1-4-8(10(14)15)5-12-11(16)13-6-9(18-3)7-17-2/h8-9H,4-7H2,1-3H3,(H,14,15)(H2,12,13,16). The zero-order chi connectivity index (χ0) is 14.0. The summed E-state index contributed by atoms with van der Waals surface area (Å²) in [5.74, 6) is -1.47. The Labute approximate surface area is 107 Å². The van der Waals surface area contributed by atoms with Crippen LogP contribution in [0.2, 0.25) is 0 Å². The summed E-state index contributed by atoms with van der Waals surface area (Å²) in [4.78, 5) is 22.1. The van der Waals surface area contributed by atoms with E-state index in [4.69, 9.17) is 14.6 Å². The first kappa shape index (κ1) is 16.7. The number of amides is 2. The molecule has 0 radical (unpaired) electrons. The lowest BCUT2D eigenvalue weighted by atomic mass is 10.1. The van der Waals surface area contributed by atoms with E-state index >= 15 is 0 Å². The van der Waals surface area contributed by atoms with Gasteiger partial charge < -0.3 is 25.2 Å². The lowest BCUT2D eigenvalue weighted by Gasteiger charge is -2.16. The molecule has 0 saturated carbocycles. The number of ether oxygens (including phenoxy) is 2. The first-order valence-corrected chi connectivity index (χ1v) is 5.81. The second-order valence-corrected chi connectivity index (χ2v) is 3.85. The average molecular weight is 262 g/mol. The highest BCUT2D eigenvalue weighted by atomic mass is 16.5.